The average Bonchev–Trinajstić information content (AvgIpc) is 1.89. The first-order valence-electron chi connectivity index (χ1n) is 2.42. The molecule has 60 valence electrons. The standard InChI is InChI=1S/C2H8N2.C2H2O4/c3-1-2-4;3-1(4)2(5)6/h1-4H2;(H,3,4)(H,5,6). The van der Waals surface area contributed by atoms with Gasteiger partial charge in [-0.05, 0) is 0 Å². The Morgan fingerprint density at radius 3 is 1.20 bits per heavy atom. The summed E-state index contributed by atoms with van der Waals surface area (Å²) < 4.78 is 0. The lowest BCUT2D eigenvalue weighted by molar-refractivity contribution is -0.159. The van der Waals surface area contributed by atoms with Crippen molar-refractivity contribution in [1.29, 1.82) is 0 Å². The Labute approximate surface area is 57.4 Å². The molecule has 6 heteroatoms. The first-order chi connectivity index (χ1) is 4.56. The number of nitrogens with two attached hydrogens (primary N) is 2. The van der Waals surface area contributed by atoms with Crippen molar-refractivity contribution in [3.63, 3.8) is 0 Å². The molecule has 0 saturated heterocycles. The monoisotopic (exact) mass is 150 g/mol. The molecule has 6 N–H and O–H groups in total. The molecule has 0 saturated carbocycles. The molecule has 0 bridgehead atoms. The van der Waals surface area contributed by atoms with Gasteiger partial charge in [-0.2, -0.15) is 0 Å². The van der Waals surface area contributed by atoms with Crippen LogP contribution in [0.5, 0.6) is 0 Å². The van der Waals surface area contributed by atoms with Gasteiger partial charge in [-0.25, -0.2) is 9.59 Å². The number of rotatable bonds is 1. The molecule has 6 nitrogen and oxygen atoms in total. The number of carboxylic acids is 2. The normalized spacial score (nSPS) is 7.40. The Balaban J connectivity index is 0. The minimum Gasteiger partial charge on any atom is -0.473 e. The van der Waals surface area contributed by atoms with E-state index in [1.54, 1.807) is 0 Å². The first-order valence-corrected chi connectivity index (χ1v) is 2.42. The third-order valence-corrected chi connectivity index (χ3v) is 0.350. The van der Waals surface area contributed by atoms with E-state index >= 15 is 0 Å². The summed E-state index contributed by atoms with van der Waals surface area (Å²) in [6, 6.07) is 0. The molecule has 10 heavy (non-hydrogen) atoms. The smallest absolute Gasteiger partial charge is 0.414 e. The number of carboxylic acid groups (broad SMARTS) is 2. The van der Waals surface area contributed by atoms with Gasteiger partial charge in [0, 0.05) is 13.1 Å². The summed E-state index contributed by atoms with van der Waals surface area (Å²) in [5, 5.41) is 14.8. The van der Waals surface area contributed by atoms with Gasteiger partial charge < -0.3 is 21.7 Å². The fraction of sp³-hybridized carbons (Fsp3) is 0.500. The third-order valence-electron chi connectivity index (χ3n) is 0.350. The Hall–Kier alpha value is -1.14. The lowest BCUT2D eigenvalue weighted by atomic mass is 10.7. The maximum atomic E-state index is 9.10. The van der Waals surface area contributed by atoms with Crippen LogP contribution in [-0.2, 0) is 9.59 Å². The van der Waals surface area contributed by atoms with Crippen LogP contribution >= 0.6 is 0 Å². The number of aliphatic carboxylic acids is 2. The fourth-order valence-electron chi connectivity index (χ4n) is 0. The van der Waals surface area contributed by atoms with Crippen molar-refractivity contribution in [1.82, 2.24) is 0 Å². The molecule has 0 rings (SSSR count). The van der Waals surface area contributed by atoms with E-state index in [0.29, 0.717) is 13.1 Å². The molecule has 0 aliphatic rings. The maximum Gasteiger partial charge on any atom is 0.414 e. The molecule has 0 aliphatic heterocycles. The minimum atomic E-state index is -1.82. The van der Waals surface area contributed by atoms with Crippen molar-refractivity contribution in [2.75, 3.05) is 13.1 Å². The van der Waals surface area contributed by atoms with Crippen LogP contribution in [0.3, 0.4) is 0 Å². The molecule has 0 spiro atoms. The zero-order valence-electron chi connectivity index (χ0n) is 5.28. The summed E-state index contributed by atoms with van der Waals surface area (Å²) in [6.45, 7) is 1.19. The van der Waals surface area contributed by atoms with E-state index in [1.807, 2.05) is 0 Å². The van der Waals surface area contributed by atoms with Gasteiger partial charge >= 0.3 is 11.9 Å². The highest BCUT2D eigenvalue weighted by molar-refractivity contribution is 6.27. The van der Waals surface area contributed by atoms with Crippen molar-refractivity contribution in [3.8, 4) is 0 Å². The van der Waals surface area contributed by atoms with Crippen LogP contribution in [-0.4, -0.2) is 35.2 Å². The van der Waals surface area contributed by atoms with Crippen molar-refractivity contribution in [2.24, 2.45) is 11.5 Å². The Morgan fingerprint density at radius 1 is 1.00 bits per heavy atom. The molecule has 0 heterocycles. The maximum absolute atomic E-state index is 9.10. The van der Waals surface area contributed by atoms with Gasteiger partial charge in [-0.15, -0.1) is 0 Å². The Morgan fingerprint density at radius 2 is 1.20 bits per heavy atom. The highest BCUT2D eigenvalue weighted by Gasteiger charge is 2.04. The first kappa shape index (κ1) is 11.6. The molecule has 0 amide bonds. The second-order valence-corrected chi connectivity index (χ2v) is 1.19. The number of hydrogen-bond donors (Lipinski definition) is 4. The van der Waals surface area contributed by atoms with Crippen molar-refractivity contribution in [3.05, 3.63) is 0 Å². The van der Waals surface area contributed by atoms with Crippen LogP contribution in [0.4, 0.5) is 0 Å². The van der Waals surface area contributed by atoms with Crippen LogP contribution in [0, 0.1) is 0 Å². The summed E-state index contributed by atoms with van der Waals surface area (Å²) >= 11 is 0. The van der Waals surface area contributed by atoms with Crippen LogP contribution in [0.2, 0.25) is 0 Å². The molecule has 0 unspecified atom stereocenters. The average molecular weight is 150 g/mol. The van der Waals surface area contributed by atoms with Crippen LogP contribution < -0.4 is 11.5 Å². The number of hydrogen-bond acceptors (Lipinski definition) is 4. The summed E-state index contributed by atoms with van der Waals surface area (Å²) in [5.74, 6) is -3.65. The zero-order chi connectivity index (χ0) is 8.57. The molecule has 0 fully saturated rings. The van der Waals surface area contributed by atoms with Crippen molar-refractivity contribution < 1.29 is 19.8 Å². The van der Waals surface area contributed by atoms with E-state index in [0.717, 1.165) is 0 Å². The molecule has 0 atom stereocenters. The highest BCUT2D eigenvalue weighted by atomic mass is 16.4. The summed E-state index contributed by atoms with van der Waals surface area (Å²) in [4.78, 5) is 18.2. The van der Waals surface area contributed by atoms with Gasteiger partial charge in [0.2, 0.25) is 0 Å². The molecule has 0 radical (unpaired) electrons. The van der Waals surface area contributed by atoms with E-state index in [1.165, 1.54) is 0 Å². The van der Waals surface area contributed by atoms with E-state index in [-0.39, 0.29) is 0 Å². The second kappa shape index (κ2) is 7.86. The van der Waals surface area contributed by atoms with Crippen molar-refractivity contribution in [2.45, 2.75) is 0 Å². The lowest BCUT2D eigenvalue weighted by Crippen LogP contribution is -2.11. The molecule has 0 aromatic carbocycles. The van der Waals surface area contributed by atoms with Crippen LogP contribution in [0.15, 0.2) is 0 Å². The fourth-order valence-corrected chi connectivity index (χ4v) is 0. The van der Waals surface area contributed by atoms with Gasteiger partial charge in [0.05, 0.1) is 0 Å². The Bertz CT molecular complexity index is 99.8. The van der Waals surface area contributed by atoms with Crippen LogP contribution in [0.25, 0.3) is 0 Å². The summed E-state index contributed by atoms with van der Waals surface area (Å²) in [6.07, 6.45) is 0. The molecule has 0 aliphatic carbocycles. The van der Waals surface area contributed by atoms with E-state index in [4.69, 9.17) is 31.3 Å². The largest absolute Gasteiger partial charge is 0.473 e. The third kappa shape index (κ3) is 15.8. The van der Waals surface area contributed by atoms with Gasteiger partial charge in [0.1, 0.15) is 0 Å². The van der Waals surface area contributed by atoms with Gasteiger partial charge in [0.25, 0.3) is 0 Å². The SMILES string of the molecule is NCCN.O=C(O)C(=O)O. The van der Waals surface area contributed by atoms with E-state index in [2.05, 4.69) is 0 Å². The molecule has 0 aromatic rings. The number of carbonyl (C=O) groups is 2. The quantitative estimate of drug-likeness (QED) is 0.322. The second-order valence-electron chi connectivity index (χ2n) is 1.19. The zero-order valence-corrected chi connectivity index (χ0v) is 5.28. The Kier molecular flexibility index (Phi) is 9.14. The van der Waals surface area contributed by atoms with E-state index < -0.39 is 11.9 Å². The highest BCUT2D eigenvalue weighted by Crippen LogP contribution is 1.56. The molecular weight excluding hydrogens is 140 g/mol. The topological polar surface area (TPSA) is 127 Å². The van der Waals surface area contributed by atoms with Gasteiger partial charge in [-0.1, -0.05) is 0 Å². The molecular formula is C4H10N2O4. The summed E-state index contributed by atoms with van der Waals surface area (Å²) in [7, 11) is 0. The predicted molar refractivity (Wildman–Crippen MR) is 33.4 cm³/mol. The van der Waals surface area contributed by atoms with Crippen molar-refractivity contribution >= 4 is 11.9 Å². The lowest BCUT2D eigenvalue weighted by Gasteiger charge is -1.72. The van der Waals surface area contributed by atoms with Crippen LogP contribution in [0.1, 0.15) is 0 Å². The van der Waals surface area contributed by atoms with Gasteiger partial charge in [-0.3, -0.25) is 0 Å². The molecule has 0 aromatic heterocycles. The van der Waals surface area contributed by atoms with Gasteiger partial charge in [0.15, 0.2) is 0 Å². The minimum absolute atomic E-state index is 0.597. The van der Waals surface area contributed by atoms with E-state index in [9.17, 15) is 0 Å². The predicted octanol–water partition coefficient (Wildman–Crippen LogP) is -1.94. The summed E-state index contributed by atoms with van der Waals surface area (Å²) in [5.41, 5.74) is 9.81.